The molecule has 0 radical (unpaired) electrons. The molecule has 0 saturated carbocycles. The molecule has 2 aromatic carbocycles. The molecule has 0 spiro atoms. The van der Waals surface area contributed by atoms with Crippen molar-refractivity contribution in [3.05, 3.63) is 69.7 Å². The summed E-state index contributed by atoms with van der Waals surface area (Å²) in [6, 6.07) is 15.8. The van der Waals surface area contributed by atoms with E-state index >= 15 is 0 Å². The molecule has 3 aromatic rings. The van der Waals surface area contributed by atoms with E-state index in [1.165, 1.54) is 36.3 Å². The molecule has 7 heteroatoms. The Labute approximate surface area is 190 Å². The number of aliphatic hydroxyl groups is 1. The standard InChI is InChI=1S/C24H23ClN4OS/c25-17-6-4-16(5-7-17)20-15-31-24(27-20)22-21(30)14-29(23(22)26)19-10-8-18(9-11-19)28-12-2-1-3-13-28/h4-11,15,26,30H,1-3,12-14H2. The molecule has 0 aliphatic carbocycles. The van der Waals surface area contributed by atoms with Gasteiger partial charge in [0.2, 0.25) is 0 Å². The van der Waals surface area contributed by atoms with Gasteiger partial charge in [0, 0.05) is 40.4 Å². The number of anilines is 2. The van der Waals surface area contributed by atoms with Crippen LogP contribution in [0.2, 0.25) is 5.02 Å². The lowest BCUT2D eigenvalue weighted by atomic mass is 10.1. The molecule has 3 heterocycles. The van der Waals surface area contributed by atoms with Crippen LogP contribution in [0.3, 0.4) is 0 Å². The number of aliphatic hydroxyl groups excluding tert-OH is 1. The minimum Gasteiger partial charge on any atom is -0.510 e. The topological polar surface area (TPSA) is 63.5 Å². The van der Waals surface area contributed by atoms with Gasteiger partial charge in [0.1, 0.15) is 16.6 Å². The molecule has 1 aromatic heterocycles. The largest absolute Gasteiger partial charge is 0.510 e. The lowest BCUT2D eigenvalue weighted by molar-refractivity contribution is 0.411. The maximum absolute atomic E-state index is 10.7. The van der Waals surface area contributed by atoms with Crippen molar-refractivity contribution in [2.75, 3.05) is 29.4 Å². The second-order valence-electron chi connectivity index (χ2n) is 7.87. The van der Waals surface area contributed by atoms with Crippen LogP contribution in [0, 0.1) is 5.41 Å². The molecular weight excluding hydrogens is 428 g/mol. The van der Waals surface area contributed by atoms with Crippen LogP contribution in [-0.4, -0.2) is 35.6 Å². The second-order valence-corrected chi connectivity index (χ2v) is 9.16. The van der Waals surface area contributed by atoms with Crippen LogP contribution in [-0.2, 0) is 0 Å². The number of aromatic nitrogens is 1. The van der Waals surface area contributed by atoms with Gasteiger partial charge in [-0.2, -0.15) is 0 Å². The van der Waals surface area contributed by atoms with Crippen molar-refractivity contribution in [3.8, 4) is 11.3 Å². The van der Waals surface area contributed by atoms with Crippen LogP contribution in [0.1, 0.15) is 24.3 Å². The van der Waals surface area contributed by atoms with E-state index in [0.717, 1.165) is 30.0 Å². The lowest BCUT2D eigenvalue weighted by Gasteiger charge is -2.29. The summed E-state index contributed by atoms with van der Waals surface area (Å²) in [5.74, 6) is 0.461. The number of nitrogens with zero attached hydrogens (tertiary/aromatic N) is 3. The maximum Gasteiger partial charge on any atom is 0.139 e. The maximum atomic E-state index is 10.7. The number of hydrogen-bond donors (Lipinski definition) is 2. The number of amidine groups is 1. The van der Waals surface area contributed by atoms with Gasteiger partial charge in [0.05, 0.1) is 17.8 Å². The highest BCUT2D eigenvalue weighted by Crippen LogP contribution is 2.35. The Balaban J connectivity index is 1.35. The number of benzene rings is 2. The highest BCUT2D eigenvalue weighted by molar-refractivity contribution is 7.11. The molecular formula is C24H23ClN4OS. The van der Waals surface area contributed by atoms with E-state index in [2.05, 4.69) is 22.0 Å². The lowest BCUT2D eigenvalue weighted by Crippen LogP contribution is -2.29. The number of halogens is 1. The molecule has 5 nitrogen and oxygen atoms in total. The van der Waals surface area contributed by atoms with Crippen molar-refractivity contribution in [2.45, 2.75) is 19.3 Å². The molecule has 0 unspecified atom stereocenters. The Morgan fingerprint density at radius 1 is 0.935 bits per heavy atom. The SMILES string of the molecule is N=C1C(c2nc(-c3ccc(Cl)cc3)cs2)=C(O)CN1c1ccc(N2CCCCC2)cc1. The zero-order valence-corrected chi connectivity index (χ0v) is 18.6. The molecule has 2 aliphatic heterocycles. The highest BCUT2D eigenvalue weighted by Gasteiger charge is 2.31. The van der Waals surface area contributed by atoms with Crippen LogP contribution < -0.4 is 9.80 Å². The first-order valence-corrected chi connectivity index (χ1v) is 11.7. The smallest absolute Gasteiger partial charge is 0.139 e. The third-order valence-corrected chi connectivity index (χ3v) is 6.96. The molecule has 1 fully saturated rings. The van der Waals surface area contributed by atoms with E-state index in [4.69, 9.17) is 17.0 Å². The molecule has 2 aliphatic rings. The van der Waals surface area contributed by atoms with Gasteiger partial charge in [0.15, 0.2) is 0 Å². The number of thiazole rings is 1. The molecule has 0 atom stereocenters. The van der Waals surface area contributed by atoms with Gasteiger partial charge in [-0.05, 0) is 55.7 Å². The fraction of sp³-hybridized carbons (Fsp3) is 0.250. The van der Waals surface area contributed by atoms with Crippen molar-refractivity contribution in [3.63, 3.8) is 0 Å². The Morgan fingerprint density at radius 3 is 2.32 bits per heavy atom. The molecule has 0 amide bonds. The monoisotopic (exact) mass is 450 g/mol. The van der Waals surface area contributed by atoms with Gasteiger partial charge in [0.25, 0.3) is 0 Å². The predicted molar refractivity (Wildman–Crippen MR) is 130 cm³/mol. The quantitative estimate of drug-likeness (QED) is 0.495. The zero-order chi connectivity index (χ0) is 21.4. The summed E-state index contributed by atoms with van der Waals surface area (Å²) < 4.78 is 0. The summed E-state index contributed by atoms with van der Waals surface area (Å²) in [4.78, 5) is 8.92. The van der Waals surface area contributed by atoms with Gasteiger partial charge in [-0.15, -0.1) is 11.3 Å². The molecule has 31 heavy (non-hydrogen) atoms. The Morgan fingerprint density at radius 2 is 1.61 bits per heavy atom. The summed E-state index contributed by atoms with van der Waals surface area (Å²) in [6.07, 6.45) is 3.79. The first-order valence-electron chi connectivity index (χ1n) is 10.5. The van der Waals surface area contributed by atoms with E-state index in [1.54, 1.807) is 0 Å². The number of piperidine rings is 1. The third kappa shape index (κ3) is 3.93. The number of nitrogens with one attached hydrogen (secondary N) is 1. The van der Waals surface area contributed by atoms with Crippen molar-refractivity contribution in [1.82, 2.24) is 4.98 Å². The summed E-state index contributed by atoms with van der Waals surface area (Å²) in [5, 5.41) is 22.6. The summed E-state index contributed by atoms with van der Waals surface area (Å²) in [6.45, 7) is 2.49. The summed E-state index contributed by atoms with van der Waals surface area (Å²) >= 11 is 7.42. The van der Waals surface area contributed by atoms with E-state index in [-0.39, 0.29) is 18.1 Å². The molecule has 2 N–H and O–H groups in total. The van der Waals surface area contributed by atoms with Gasteiger partial charge < -0.3 is 14.9 Å². The van der Waals surface area contributed by atoms with Crippen molar-refractivity contribution in [1.29, 1.82) is 5.41 Å². The fourth-order valence-electron chi connectivity index (χ4n) is 4.16. The van der Waals surface area contributed by atoms with Crippen molar-refractivity contribution >= 4 is 45.7 Å². The predicted octanol–water partition coefficient (Wildman–Crippen LogP) is 6.22. The van der Waals surface area contributed by atoms with Crippen LogP contribution in [0.15, 0.2) is 59.7 Å². The molecule has 5 rings (SSSR count). The second kappa shape index (κ2) is 8.36. The Bertz CT molecular complexity index is 1130. The van der Waals surface area contributed by atoms with E-state index < -0.39 is 0 Å². The van der Waals surface area contributed by atoms with Crippen LogP contribution in [0.4, 0.5) is 11.4 Å². The van der Waals surface area contributed by atoms with Crippen molar-refractivity contribution < 1.29 is 5.11 Å². The minimum absolute atomic E-state index is 0.183. The van der Waals surface area contributed by atoms with Crippen LogP contribution >= 0.6 is 22.9 Å². The van der Waals surface area contributed by atoms with Gasteiger partial charge in [-0.25, -0.2) is 4.98 Å². The molecule has 1 saturated heterocycles. The van der Waals surface area contributed by atoms with Gasteiger partial charge >= 0.3 is 0 Å². The minimum atomic E-state index is 0.183. The zero-order valence-electron chi connectivity index (χ0n) is 17.0. The number of rotatable bonds is 4. The Kier molecular flexibility index (Phi) is 5.42. The van der Waals surface area contributed by atoms with Gasteiger partial charge in [-0.3, -0.25) is 5.41 Å². The average Bonchev–Trinajstić information content (AvgIpc) is 3.39. The van der Waals surface area contributed by atoms with E-state index in [0.29, 0.717) is 15.6 Å². The van der Waals surface area contributed by atoms with E-state index in [9.17, 15) is 5.11 Å². The van der Waals surface area contributed by atoms with E-state index in [1.807, 2.05) is 46.7 Å². The van der Waals surface area contributed by atoms with Crippen LogP contribution in [0.5, 0.6) is 0 Å². The molecule has 158 valence electrons. The van der Waals surface area contributed by atoms with Crippen LogP contribution in [0.25, 0.3) is 16.8 Å². The fourth-order valence-corrected chi connectivity index (χ4v) is 5.18. The first-order chi connectivity index (χ1) is 15.1. The van der Waals surface area contributed by atoms with Gasteiger partial charge in [-0.1, -0.05) is 23.7 Å². The number of hydrogen-bond acceptors (Lipinski definition) is 5. The third-order valence-electron chi connectivity index (χ3n) is 5.84. The summed E-state index contributed by atoms with van der Waals surface area (Å²) in [5.41, 5.74) is 4.40. The highest BCUT2D eigenvalue weighted by atomic mass is 35.5. The summed E-state index contributed by atoms with van der Waals surface area (Å²) in [7, 11) is 0. The Hall–Kier alpha value is -2.83. The average molecular weight is 451 g/mol. The normalized spacial score (nSPS) is 17.0. The first kappa shape index (κ1) is 20.1. The molecule has 0 bridgehead atoms. The van der Waals surface area contributed by atoms with Crippen molar-refractivity contribution in [2.24, 2.45) is 0 Å².